The van der Waals surface area contributed by atoms with Gasteiger partial charge < -0.3 is 15.4 Å². The summed E-state index contributed by atoms with van der Waals surface area (Å²) in [5.74, 6) is 2.88. The average Bonchev–Trinajstić information content (AvgIpc) is 2.66. The van der Waals surface area contributed by atoms with Crippen molar-refractivity contribution in [2.45, 2.75) is 13.1 Å². The largest absolute Gasteiger partial charge is 0.379 e. The number of aliphatic imine (C=N–C) groups is 1. The van der Waals surface area contributed by atoms with E-state index in [1.54, 1.807) is 0 Å². The van der Waals surface area contributed by atoms with E-state index in [9.17, 15) is 0 Å². The number of guanidine groups is 1. The second-order valence-electron chi connectivity index (χ2n) is 5.87. The van der Waals surface area contributed by atoms with Gasteiger partial charge in [-0.1, -0.05) is 30.3 Å². The first kappa shape index (κ1) is 19.8. The van der Waals surface area contributed by atoms with Crippen molar-refractivity contribution in [3.63, 3.8) is 0 Å². The number of thioether (sulfide) groups is 1. The molecule has 25 heavy (non-hydrogen) atoms. The molecule has 0 unspecified atom stereocenters. The van der Waals surface area contributed by atoms with Gasteiger partial charge in [0.25, 0.3) is 0 Å². The number of ether oxygens (including phenoxy) is 1. The summed E-state index contributed by atoms with van der Waals surface area (Å²) in [6.07, 6.45) is 1.93. The van der Waals surface area contributed by atoms with Crippen molar-refractivity contribution in [3.8, 4) is 0 Å². The van der Waals surface area contributed by atoms with Crippen molar-refractivity contribution in [2.75, 3.05) is 51.4 Å². The minimum atomic E-state index is 0.778. The summed E-state index contributed by atoms with van der Waals surface area (Å²) in [5, 5.41) is 6.78. The van der Waals surface area contributed by atoms with Crippen LogP contribution in [0.5, 0.6) is 0 Å². The van der Waals surface area contributed by atoms with Gasteiger partial charge in [-0.3, -0.25) is 9.89 Å². The molecule has 0 saturated carbocycles. The minimum Gasteiger partial charge on any atom is -0.379 e. The zero-order valence-electron chi connectivity index (χ0n) is 15.2. The van der Waals surface area contributed by atoms with Crippen LogP contribution in [0.2, 0.25) is 0 Å². The standard InChI is InChI=1S/C19H30N4OS/c1-3-13-25-14-8-21-19(20-2)22-15-17-6-4-5-7-18(17)16-23-9-11-24-12-10-23/h3-7H,1,8-16H2,2H3,(H2,20,21,22). The monoisotopic (exact) mass is 362 g/mol. The molecule has 0 aromatic heterocycles. The lowest BCUT2D eigenvalue weighted by Crippen LogP contribution is -2.38. The number of hydrogen-bond donors (Lipinski definition) is 2. The second-order valence-corrected chi connectivity index (χ2v) is 7.02. The van der Waals surface area contributed by atoms with E-state index in [1.807, 2.05) is 24.9 Å². The molecule has 138 valence electrons. The maximum absolute atomic E-state index is 5.44. The van der Waals surface area contributed by atoms with E-state index in [4.69, 9.17) is 4.74 Å². The molecule has 2 N–H and O–H groups in total. The SMILES string of the molecule is C=CCSCCNC(=NC)NCc1ccccc1CN1CCOCC1. The quantitative estimate of drug-likeness (QED) is 0.305. The van der Waals surface area contributed by atoms with Crippen molar-refractivity contribution in [2.24, 2.45) is 4.99 Å². The Morgan fingerprint density at radius 2 is 2.04 bits per heavy atom. The molecular weight excluding hydrogens is 332 g/mol. The molecule has 0 radical (unpaired) electrons. The summed E-state index contributed by atoms with van der Waals surface area (Å²) in [7, 11) is 1.81. The molecule has 5 nitrogen and oxygen atoms in total. The van der Waals surface area contributed by atoms with Gasteiger partial charge in [0, 0.05) is 51.3 Å². The molecule has 1 fully saturated rings. The number of benzene rings is 1. The Morgan fingerprint density at radius 1 is 1.28 bits per heavy atom. The predicted molar refractivity (Wildman–Crippen MR) is 108 cm³/mol. The van der Waals surface area contributed by atoms with E-state index >= 15 is 0 Å². The van der Waals surface area contributed by atoms with E-state index < -0.39 is 0 Å². The fourth-order valence-electron chi connectivity index (χ4n) is 2.69. The van der Waals surface area contributed by atoms with Gasteiger partial charge in [-0.05, 0) is 11.1 Å². The van der Waals surface area contributed by atoms with Gasteiger partial charge in [-0.25, -0.2) is 0 Å². The lowest BCUT2D eigenvalue weighted by Gasteiger charge is -2.27. The number of morpholine rings is 1. The third kappa shape index (κ3) is 7.50. The summed E-state index contributed by atoms with van der Waals surface area (Å²) >= 11 is 1.86. The summed E-state index contributed by atoms with van der Waals surface area (Å²) in [6, 6.07) is 8.62. The zero-order chi connectivity index (χ0) is 17.7. The molecule has 1 aliphatic heterocycles. The molecule has 6 heteroatoms. The molecular formula is C19H30N4OS. The highest BCUT2D eigenvalue weighted by atomic mass is 32.2. The van der Waals surface area contributed by atoms with Crippen LogP contribution in [0.4, 0.5) is 0 Å². The number of rotatable bonds is 9. The molecule has 0 atom stereocenters. The molecule has 0 bridgehead atoms. The molecule has 1 saturated heterocycles. The summed E-state index contributed by atoms with van der Waals surface area (Å²) in [4.78, 5) is 6.75. The fourth-order valence-corrected chi connectivity index (χ4v) is 3.27. The van der Waals surface area contributed by atoms with Gasteiger partial charge in [0.15, 0.2) is 5.96 Å². The van der Waals surface area contributed by atoms with E-state index in [0.29, 0.717) is 0 Å². The molecule has 0 spiro atoms. The third-order valence-corrected chi connectivity index (χ3v) is 5.02. The molecule has 1 aromatic carbocycles. The lowest BCUT2D eigenvalue weighted by atomic mass is 10.1. The second kappa shape index (κ2) is 12.0. The Bertz CT molecular complexity index is 544. The van der Waals surface area contributed by atoms with Gasteiger partial charge in [0.1, 0.15) is 0 Å². The van der Waals surface area contributed by atoms with Crippen LogP contribution in [0.1, 0.15) is 11.1 Å². The van der Waals surface area contributed by atoms with Crippen molar-refractivity contribution >= 4 is 17.7 Å². The molecule has 1 heterocycles. The molecule has 0 aliphatic carbocycles. The van der Waals surface area contributed by atoms with Gasteiger partial charge in [0.05, 0.1) is 13.2 Å². The maximum atomic E-state index is 5.44. The van der Waals surface area contributed by atoms with Gasteiger partial charge >= 0.3 is 0 Å². The van der Waals surface area contributed by atoms with Gasteiger partial charge in [0.2, 0.25) is 0 Å². The van der Waals surface area contributed by atoms with E-state index in [0.717, 1.165) is 63.4 Å². The Morgan fingerprint density at radius 3 is 2.76 bits per heavy atom. The fraction of sp³-hybridized carbons (Fsp3) is 0.526. The maximum Gasteiger partial charge on any atom is 0.191 e. The summed E-state index contributed by atoms with van der Waals surface area (Å²) in [5.41, 5.74) is 2.69. The first-order valence-electron chi connectivity index (χ1n) is 8.83. The highest BCUT2D eigenvalue weighted by Crippen LogP contribution is 2.13. The highest BCUT2D eigenvalue weighted by Gasteiger charge is 2.12. The number of nitrogens with one attached hydrogen (secondary N) is 2. The van der Waals surface area contributed by atoms with E-state index in [-0.39, 0.29) is 0 Å². The molecule has 1 aromatic rings. The Hall–Kier alpha value is -1.50. The van der Waals surface area contributed by atoms with Crippen molar-refractivity contribution < 1.29 is 4.74 Å². The third-order valence-electron chi connectivity index (χ3n) is 4.06. The molecule has 0 amide bonds. The molecule has 1 aliphatic rings. The van der Waals surface area contributed by atoms with Crippen LogP contribution >= 0.6 is 11.8 Å². The number of nitrogens with zero attached hydrogens (tertiary/aromatic N) is 2. The van der Waals surface area contributed by atoms with Crippen LogP contribution in [-0.2, 0) is 17.8 Å². The average molecular weight is 363 g/mol. The van der Waals surface area contributed by atoms with Gasteiger partial charge in [-0.2, -0.15) is 11.8 Å². The van der Waals surface area contributed by atoms with Crippen LogP contribution in [0.15, 0.2) is 41.9 Å². The van der Waals surface area contributed by atoms with Crippen molar-refractivity contribution in [3.05, 3.63) is 48.0 Å². The van der Waals surface area contributed by atoms with Crippen LogP contribution in [-0.4, -0.2) is 62.3 Å². The Balaban J connectivity index is 1.81. The summed E-state index contributed by atoms with van der Waals surface area (Å²) in [6.45, 7) is 10.1. The van der Waals surface area contributed by atoms with Crippen molar-refractivity contribution in [1.29, 1.82) is 0 Å². The Kier molecular flexibility index (Phi) is 9.47. The van der Waals surface area contributed by atoms with Crippen LogP contribution in [0, 0.1) is 0 Å². The Labute approximate surface area is 155 Å². The first-order chi connectivity index (χ1) is 12.3. The summed E-state index contributed by atoms with van der Waals surface area (Å²) < 4.78 is 5.44. The smallest absolute Gasteiger partial charge is 0.191 e. The zero-order valence-corrected chi connectivity index (χ0v) is 16.0. The van der Waals surface area contributed by atoms with Crippen LogP contribution in [0.25, 0.3) is 0 Å². The first-order valence-corrected chi connectivity index (χ1v) is 9.99. The van der Waals surface area contributed by atoms with Crippen LogP contribution in [0.3, 0.4) is 0 Å². The predicted octanol–water partition coefficient (Wildman–Crippen LogP) is 2.10. The minimum absolute atomic E-state index is 0.778. The van der Waals surface area contributed by atoms with E-state index in [2.05, 4.69) is 51.4 Å². The van der Waals surface area contributed by atoms with Gasteiger partial charge in [-0.15, -0.1) is 6.58 Å². The normalized spacial score (nSPS) is 15.8. The lowest BCUT2D eigenvalue weighted by molar-refractivity contribution is 0.0341. The highest BCUT2D eigenvalue weighted by molar-refractivity contribution is 7.99. The van der Waals surface area contributed by atoms with Crippen LogP contribution < -0.4 is 10.6 Å². The topological polar surface area (TPSA) is 48.9 Å². The number of hydrogen-bond acceptors (Lipinski definition) is 4. The van der Waals surface area contributed by atoms with Crippen molar-refractivity contribution in [1.82, 2.24) is 15.5 Å². The van der Waals surface area contributed by atoms with E-state index in [1.165, 1.54) is 11.1 Å². The molecule has 2 rings (SSSR count).